The van der Waals surface area contributed by atoms with E-state index in [9.17, 15) is 14.7 Å². The molecule has 3 aromatic carbocycles. The number of ketones is 1. The van der Waals surface area contributed by atoms with Crippen LogP contribution in [0, 0.1) is 0 Å². The second kappa shape index (κ2) is 10.3. The fourth-order valence-electron chi connectivity index (χ4n) is 3.85. The Hall–Kier alpha value is -3.02. The molecule has 1 aliphatic rings. The summed E-state index contributed by atoms with van der Waals surface area (Å²) in [6.07, 6.45) is 2.35. The quantitative estimate of drug-likeness (QED) is 0.350. The van der Waals surface area contributed by atoms with Gasteiger partial charge in [-0.05, 0) is 67.3 Å². The van der Waals surface area contributed by atoms with Crippen LogP contribution < -0.4 is 9.47 Å². The van der Waals surface area contributed by atoms with E-state index in [1.165, 1.54) is 0 Å². The van der Waals surface area contributed by atoms with Crippen molar-refractivity contribution in [3.8, 4) is 17.2 Å². The summed E-state index contributed by atoms with van der Waals surface area (Å²) < 4.78 is 11.5. The highest BCUT2D eigenvalue weighted by Gasteiger charge is 2.29. The molecule has 0 saturated carbocycles. The average Bonchev–Trinajstić information content (AvgIpc) is 2.79. The van der Waals surface area contributed by atoms with E-state index in [0.29, 0.717) is 57.9 Å². The molecule has 3 aromatic rings. The smallest absolute Gasteiger partial charge is 0.311 e. The van der Waals surface area contributed by atoms with Crippen molar-refractivity contribution in [2.24, 2.45) is 0 Å². The first-order valence-electron chi connectivity index (χ1n) is 10.7. The van der Waals surface area contributed by atoms with Gasteiger partial charge in [-0.2, -0.15) is 0 Å². The first kappa shape index (κ1) is 23.1. The van der Waals surface area contributed by atoms with E-state index < -0.39 is 11.9 Å². The maximum absolute atomic E-state index is 12.5. The number of hydrogen-bond acceptors (Lipinski definition) is 4. The highest BCUT2D eigenvalue weighted by atomic mass is 35.5. The highest BCUT2D eigenvalue weighted by molar-refractivity contribution is 6.32. The van der Waals surface area contributed by atoms with Crippen LogP contribution in [-0.2, 0) is 11.2 Å². The van der Waals surface area contributed by atoms with Crippen LogP contribution in [0.2, 0.25) is 10.0 Å². The minimum atomic E-state index is -0.905. The second-order valence-electron chi connectivity index (χ2n) is 7.88. The number of carboxylic acid groups (broad SMARTS) is 1. The monoisotopic (exact) mass is 484 g/mol. The molecule has 0 saturated heterocycles. The molecule has 0 bridgehead atoms. The zero-order chi connectivity index (χ0) is 23.4. The van der Waals surface area contributed by atoms with Crippen LogP contribution in [0.1, 0.15) is 46.7 Å². The fourth-order valence-corrected chi connectivity index (χ4v) is 4.27. The fraction of sp³-hybridized carbons (Fsp3) is 0.231. The van der Waals surface area contributed by atoms with E-state index in [0.717, 1.165) is 18.4 Å². The van der Waals surface area contributed by atoms with Crippen LogP contribution >= 0.6 is 23.2 Å². The zero-order valence-electron chi connectivity index (χ0n) is 17.7. The predicted octanol–water partition coefficient (Wildman–Crippen LogP) is 6.94. The third-order valence-corrected chi connectivity index (χ3v) is 6.09. The summed E-state index contributed by atoms with van der Waals surface area (Å²) in [4.78, 5) is 24.0. The predicted molar refractivity (Wildman–Crippen MR) is 127 cm³/mol. The number of halogens is 2. The van der Waals surface area contributed by atoms with Crippen molar-refractivity contribution in [2.75, 3.05) is 6.61 Å². The Labute approximate surface area is 201 Å². The minimum absolute atomic E-state index is 0.0588. The van der Waals surface area contributed by atoms with E-state index in [-0.39, 0.29) is 5.78 Å². The summed E-state index contributed by atoms with van der Waals surface area (Å²) in [6.45, 7) is 0.319. The second-order valence-corrected chi connectivity index (χ2v) is 8.73. The normalized spacial score (nSPS) is 14.8. The van der Waals surface area contributed by atoms with Crippen LogP contribution in [0.15, 0.2) is 60.7 Å². The zero-order valence-corrected chi connectivity index (χ0v) is 19.2. The van der Waals surface area contributed by atoms with Crippen molar-refractivity contribution >= 4 is 35.0 Å². The molecule has 0 spiro atoms. The van der Waals surface area contributed by atoms with E-state index in [2.05, 4.69) is 0 Å². The molecule has 0 aliphatic carbocycles. The molecule has 1 aliphatic heterocycles. The first-order valence-corrected chi connectivity index (χ1v) is 11.4. The maximum atomic E-state index is 12.5. The number of carboxylic acids is 1. The van der Waals surface area contributed by atoms with Gasteiger partial charge in [0.1, 0.15) is 17.2 Å². The molecule has 7 heteroatoms. The number of benzene rings is 3. The molecule has 5 nitrogen and oxygen atoms in total. The molecule has 0 amide bonds. The van der Waals surface area contributed by atoms with Crippen molar-refractivity contribution in [1.29, 1.82) is 0 Å². The van der Waals surface area contributed by atoms with Crippen LogP contribution in [-0.4, -0.2) is 23.5 Å². The summed E-state index contributed by atoms with van der Waals surface area (Å²) in [5.41, 5.74) is 2.27. The van der Waals surface area contributed by atoms with Gasteiger partial charge in [0.25, 0.3) is 0 Å². The van der Waals surface area contributed by atoms with Gasteiger partial charge in [0.15, 0.2) is 5.78 Å². The highest BCUT2D eigenvalue weighted by Crippen LogP contribution is 2.41. The Morgan fingerprint density at radius 1 is 1.06 bits per heavy atom. The van der Waals surface area contributed by atoms with Crippen molar-refractivity contribution in [2.45, 2.75) is 31.6 Å². The summed E-state index contributed by atoms with van der Waals surface area (Å²) in [5.74, 6) is -0.162. The van der Waals surface area contributed by atoms with Crippen molar-refractivity contribution < 1.29 is 24.2 Å². The Balaban J connectivity index is 1.38. The number of hydrogen-bond donors (Lipinski definition) is 1. The Morgan fingerprint density at radius 3 is 2.58 bits per heavy atom. The van der Waals surface area contributed by atoms with Gasteiger partial charge in [-0.25, -0.2) is 0 Å². The third kappa shape index (κ3) is 5.67. The maximum Gasteiger partial charge on any atom is 0.311 e. The summed E-state index contributed by atoms with van der Waals surface area (Å²) in [7, 11) is 0. The van der Waals surface area contributed by atoms with Crippen LogP contribution in [0.25, 0.3) is 0 Å². The number of fused-ring (bicyclic) bond motifs is 1. The number of aryl methyl sites for hydroxylation is 1. The Kier molecular flexibility index (Phi) is 7.21. The van der Waals surface area contributed by atoms with Crippen molar-refractivity contribution in [3.05, 3.63) is 87.4 Å². The van der Waals surface area contributed by atoms with Crippen LogP contribution in [0.3, 0.4) is 0 Å². The van der Waals surface area contributed by atoms with Gasteiger partial charge in [-0.1, -0.05) is 35.3 Å². The van der Waals surface area contributed by atoms with Gasteiger partial charge in [0, 0.05) is 28.6 Å². The molecule has 0 fully saturated rings. The van der Waals surface area contributed by atoms with E-state index in [1.807, 2.05) is 24.3 Å². The lowest BCUT2D eigenvalue weighted by atomic mass is 9.93. The standard InChI is InChI=1S/C26H22Cl2O5/c27-18-5-1-3-16(13-18)4-2-6-23(29)17-7-9-19(10-8-17)33-25-15-24-21(14-22(25)28)20(26(30)31)11-12-32-24/h1,3,5,7-10,13-15,20H,2,4,6,11-12H2,(H,30,31). The van der Waals surface area contributed by atoms with Crippen molar-refractivity contribution in [1.82, 2.24) is 0 Å². The molecule has 1 N–H and O–H groups in total. The molecule has 1 unspecified atom stereocenters. The molecular formula is C26H22Cl2O5. The van der Waals surface area contributed by atoms with Gasteiger partial charge in [0.05, 0.1) is 17.5 Å². The molecular weight excluding hydrogens is 463 g/mol. The number of carbonyl (C=O) groups is 2. The lowest BCUT2D eigenvalue weighted by Gasteiger charge is -2.24. The lowest BCUT2D eigenvalue weighted by molar-refractivity contribution is -0.139. The average molecular weight is 485 g/mol. The van der Waals surface area contributed by atoms with E-state index in [4.69, 9.17) is 32.7 Å². The van der Waals surface area contributed by atoms with Gasteiger partial charge in [-0.3, -0.25) is 9.59 Å². The summed E-state index contributed by atoms with van der Waals surface area (Å²) in [5, 5.41) is 10.4. The van der Waals surface area contributed by atoms with E-state index >= 15 is 0 Å². The van der Waals surface area contributed by atoms with Gasteiger partial charge in [-0.15, -0.1) is 0 Å². The Bertz CT molecular complexity index is 1170. The van der Waals surface area contributed by atoms with Crippen molar-refractivity contribution in [3.63, 3.8) is 0 Å². The van der Waals surface area contributed by atoms with Crippen LogP contribution in [0.5, 0.6) is 17.2 Å². The molecule has 0 aromatic heterocycles. The number of rotatable bonds is 8. The molecule has 1 heterocycles. The summed E-state index contributed by atoms with van der Waals surface area (Å²) in [6, 6.07) is 17.7. The molecule has 170 valence electrons. The van der Waals surface area contributed by atoms with Gasteiger partial charge in [0.2, 0.25) is 0 Å². The number of Topliss-reactive ketones (excluding diaryl/α,β-unsaturated/α-hetero) is 1. The SMILES string of the molecule is O=C(CCCc1cccc(Cl)c1)c1ccc(Oc2cc3c(cc2Cl)C(C(=O)O)CCO3)cc1. The molecule has 33 heavy (non-hydrogen) atoms. The Morgan fingerprint density at radius 2 is 1.85 bits per heavy atom. The number of ether oxygens (including phenoxy) is 2. The number of aliphatic carboxylic acids is 1. The largest absolute Gasteiger partial charge is 0.493 e. The first-order chi connectivity index (χ1) is 15.9. The third-order valence-electron chi connectivity index (χ3n) is 5.56. The molecule has 0 radical (unpaired) electrons. The van der Waals surface area contributed by atoms with E-state index in [1.54, 1.807) is 36.4 Å². The molecule has 4 rings (SSSR count). The van der Waals surface area contributed by atoms with Crippen LogP contribution in [0.4, 0.5) is 0 Å². The summed E-state index contributed by atoms with van der Waals surface area (Å²) >= 11 is 12.3. The topological polar surface area (TPSA) is 72.8 Å². The van der Waals surface area contributed by atoms with Gasteiger partial charge < -0.3 is 14.6 Å². The minimum Gasteiger partial charge on any atom is -0.493 e. The molecule has 1 atom stereocenters. The lowest BCUT2D eigenvalue weighted by Crippen LogP contribution is -2.20. The number of carbonyl (C=O) groups excluding carboxylic acids is 1. The van der Waals surface area contributed by atoms with Gasteiger partial charge >= 0.3 is 5.97 Å².